The minimum absolute atomic E-state index is 0.0488. The molecular formula is C35H28N2O2S. The molecule has 0 saturated carbocycles. The molecule has 1 amide bonds. The lowest BCUT2D eigenvalue weighted by Gasteiger charge is -2.24. The minimum atomic E-state index is -0.153. The smallest absolute Gasteiger partial charge is 0.267 e. The fraction of sp³-hybridized carbons (Fsp3) is 0.0857. The van der Waals surface area contributed by atoms with E-state index in [1.165, 1.54) is 22.5 Å². The number of fused-ring (bicyclic) bond motifs is 1. The molecule has 0 unspecified atom stereocenters. The van der Waals surface area contributed by atoms with Gasteiger partial charge < -0.3 is 4.74 Å². The number of hydrogen-bond acceptors (Lipinski definition) is 4. The topological polar surface area (TPSA) is 41.9 Å². The first kappa shape index (κ1) is 25.7. The van der Waals surface area contributed by atoms with Crippen molar-refractivity contribution in [3.63, 3.8) is 0 Å². The Hall–Kier alpha value is -4.61. The van der Waals surface area contributed by atoms with Crippen molar-refractivity contribution >= 4 is 45.4 Å². The van der Waals surface area contributed by atoms with Gasteiger partial charge in [0.1, 0.15) is 12.4 Å². The van der Waals surface area contributed by atoms with Gasteiger partial charge in [0.05, 0.1) is 16.6 Å². The molecule has 6 rings (SSSR count). The van der Waals surface area contributed by atoms with E-state index in [2.05, 4.69) is 30.3 Å². The lowest BCUT2D eigenvalue weighted by Crippen LogP contribution is -2.32. The highest BCUT2D eigenvalue weighted by atomic mass is 32.2. The van der Waals surface area contributed by atoms with Crippen LogP contribution in [0.1, 0.15) is 29.7 Å². The lowest BCUT2D eigenvalue weighted by atomic mass is 10.1. The van der Waals surface area contributed by atoms with Gasteiger partial charge in [0.2, 0.25) is 0 Å². The summed E-state index contributed by atoms with van der Waals surface area (Å²) in [6.45, 7) is 2.53. The van der Waals surface area contributed by atoms with E-state index in [0.717, 1.165) is 28.1 Å². The highest BCUT2D eigenvalue weighted by Gasteiger charge is 2.37. The highest BCUT2D eigenvalue weighted by molar-refractivity contribution is 8.18. The largest absolute Gasteiger partial charge is 0.489 e. The predicted molar refractivity (Wildman–Crippen MR) is 166 cm³/mol. The summed E-state index contributed by atoms with van der Waals surface area (Å²) in [5.41, 5.74) is 3.96. The van der Waals surface area contributed by atoms with Gasteiger partial charge in [-0.3, -0.25) is 9.69 Å². The standard InChI is InChI=1S/C35H28N2O2S/c1-25(27-11-4-2-5-12-27)37-34(38)33(40-35(37)36-30-16-6-3-7-17-30)23-26-19-21-31(22-20-26)39-24-29-15-10-14-28-13-8-9-18-32(28)29/h2-23,25H,24H2,1H3/b33-23+,36-35?/t25-/m0/s1. The van der Waals surface area contributed by atoms with Gasteiger partial charge in [0.25, 0.3) is 5.91 Å². The maximum atomic E-state index is 13.7. The molecule has 4 nitrogen and oxygen atoms in total. The third-order valence-corrected chi connectivity index (χ3v) is 7.92. The number of amidine groups is 1. The predicted octanol–water partition coefficient (Wildman–Crippen LogP) is 8.78. The van der Waals surface area contributed by atoms with Crippen LogP contribution in [0.15, 0.2) is 137 Å². The van der Waals surface area contributed by atoms with Crippen molar-refractivity contribution in [3.8, 4) is 5.75 Å². The maximum Gasteiger partial charge on any atom is 0.267 e. The molecule has 0 aromatic heterocycles. The van der Waals surface area contributed by atoms with Gasteiger partial charge in [-0.15, -0.1) is 0 Å². The Morgan fingerprint density at radius 1 is 0.800 bits per heavy atom. The average Bonchev–Trinajstić information content (AvgIpc) is 3.31. The summed E-state index contributed by atoms with van der Waals surface area (Å²) in [6, 6.07) is 42.1. The Kier molecular flexibility index (Phi) is 7.47. The Labute approximate surface area is 238 Å². The zero-order valence-corrected chi connectivity index (χ0v) is 22.9. The van der Waals surface area contributed by atoms with Gasteiger partial charge in [-0.05, 0) is 76.5 Å². The van der Waals surface area contributed by atoms with Crippen molar-refractivity contribution in [2.75, 3.05) is 0 Å². The molecule has 0 N–H and O–H groups in total. The molecule has 1 aliphatic rings. The lowest BCUT2D eigenvalue weighted by molar-refractivity contribution is -0.123. The van der Waals surface area contributed by atoms with Gasteiger partial charge in [-0.2, -0.15) is 0 Å². The van der Waals surface area contributed by atoms with E-state index in [4.69, 9.17) is 9.73 Å². The number of benzene rings is 5. The summed E-state index contributed by atoms with van der Waals surface area (Å²) in [5.74, 6) is 0.735. The Morgan fingerprint density at radius 3 is 2.25 bits per heavy atom. The average molecular weight is 541 g/mol. The van der Waals surface area contributed by atoms with Crippen LogP contribution in [0.5, 0.6) is 5.75 Å². The number of para-hydroxylation sites is 1. The molecule has 1 atom stereocenters. The molecule has 5 aromatic carbocycles. The fourth-order valence-electron chi connectivity index (χ4n) is 4.79. The second-order valence-corrected chi connectivity index (χ2v) is 10.6. The van der Waals surface area contributed by atoms with Crippen LogP contribution in [0.25, 0.3) is 16.8 Å². The van der Waals surface area contributed by atoms with Gasteiger partial charge in [-0.1, -0.05) is 103 Å². The van der Waals surface area contributed by atoms with E-state index in [0.29, 0.717) is 16.7 Å². The normalized spacial score (nSPS) is 16.1. The van der Waals surface area contributed by atoms with Crippen molar-refractivity contribution in [2.45, 2.75) is 19.6 Å². The quantitative estimate of drug-likeness (QED) is 0.194. The second kappa shape index (κ2) is 11.6. The first-order valence-corrected chi connectivity index (χ1v) is 14.1. The summed E-state index contributed by atoms with van der Waals surface area (Å²) >= 11 is 1.41. The van der Waals surface area contributed by atoms with Crippen molar-refractivity contribution in [1.29, 1.82) is 0 Å². The summed E-state index contributed by atoms with van der Waals surface area (Å²) < 4.78 is 6.11. The van der Waals surface area contributed by atoms with Gasteiger partial charge in [0, 0.05) is 0 Å². The molecule has 5 aromatic rings. The molecule has 5 heteroatoms. The number of amides is 1. The maximum absolute atomic E-state index is 13.7. The van der Waals surface area contributed by atoms with Crippen molar-refractivity contribution < 1.29 is 9.53 Å². The summed E-state index contributed by atoms with van der Waals surface area (Å²) in [7, 11) is 0. The van der Waals surface area contributed by atoms with Crippen LogP contribution in [0.3, 0.4) is 0 Å². The van der Waals surface area contributed by atoms with Crippen LogP contribution in [0, 0.1) is 0 Å². The zero-order chi connectivity index (χ0) is 27.3. The number of carbonyl (C=O) groups is 1. The van der Waals surface area contributed by atoms with Crippen molar-refractivity contribution in [3.05, 3.63) is 149 Å². The number of ether oxygens (including phenoxy) is 1. The fourth-order valence-corrected chi connectivity index (χ4v) is 5.86. The molecule has 0 aliphatic carbocycles. The third-order valence-electron chi connectivity index (χ3n) is 6.94. The minimum Gasteiger partial charge on any atom is -0.489 e. The number of thioether (sulfide) groups is 1. The molecular weight excluding hydrogens is 512 g/mol. The molecule has 0 radical (unpaired) electrons. The molecule has 1 heterocycles. The summed E-state index contributed by atoms with van der Waals surface area (Å²) in [6.07, 6.45) is 1.93. The van der Waals surface area contributed by atoms with Gasteiger partial charge in [-0.25, -0.2) is 4.99 Å². The Bertz CT molecular complexity index is 1690. The zero-order valence-electron chi connectivity index (χ0n) is 22.1. The van der Waals surface area contributed by atoms with E-state index in [-0.39, 0.29) is 11.9 Å². The molecule has 196 valence electrons. The number of nitrogens with zero attached hydrogens (tertiary/aromatic N) is 2. The SMILES string of the molecule is C[C@@H](c1ccccc1)N1C(=O)/C(=C\c2ccc(OCc3cccc4ccccc34)cc2)SC1=Nc1ccccc1. The summed E-state index contributed by atoms with van der Waals surface area (Å²) in [5, 5.41) is 3.08. The van der Waals surface area contributed by atoms with E-state index in [1.54, 1.807) is 4.90 Å². The first-order valence-electron chi connectivity index (χ1n) is 13.3. The molecule has 0 bridgehead atoms. The monoisotopic (exact) mass is 540 g/mol. The van der Waals surface area contributed by atoms with Crippen molar-refractivity contribution in [1.82, 2.24) is 4.90 Å². The second-order valence-electron chi connectivity index (χ2n) is 9.60. The van der Waals surface area contributed by atoms with Gasteiger partial charge >= 0.3 is 0 Å². The highest BCUT2D eigenvalue weighted by Crippen LogP contribution is 2.39. The van der Waals surface area contributed by atoms with Crippen LogP contribution in [-0.2, 0) is 11.4 Å². The molecule has 1 saturated heterocycles. The van der Waals surface area contributed by atoms with E-state index >= 15 is 0 Å². The molecule has 1 fully saturated rings. The Balaban J connectivity index is 1.23. The first-order chi connectivity index (χ1) is 19.7. The van der Waals surface area contributed by atoms with Gasteiger partial charge in [0.15, 0.2) is 5.17 Å². The van der Waals surface area contributed by atoms with Crippen LogP contribution in [0.2, 0.25) is 0 Å². The van der Waals surface area contributed by atoms with E-state index < -0.39 is 0 Å². The van der Waals surface area contributed by atoms with Crippen LogP contribution < -0.4 is 4.74 Å². The number of rotatable bonds is 7. The summed E-state index contributed by atoms with van der Waals surface area (Å²) in [4.78, 5) is 21.0. The van der Waals surface area contributed by atoms with Crippen LogP contribution >= 0.6 is 11.8 Å². The molecule has 1 aliphatic heterocycles. The van der Waals surface area contributed by atoms with Crippen LogP contribution in [0.4, 0.5) is 5.69 Å². The van der Waals surface area contributed by atoms with E-state index in [9.17, 15) is 4.79 Å². The van der Waals surface area contributed by atoms with Crippen molar-refractivity contribution in [2.24, 2.45) is 4.99 Å². The van der Waals surface area contributed by atoms with Crippen LogP contribution in [-0.4, -0.2) is 16.0 Å². The molecule has 0 spiro atoms. The Morgan fingerprint density at radius 2 is 1.48 bits per heavy atom. The van der Waals surface area contributed by atoms with E-state index in [1.807, 2.05) is 110 Å². The molecule has 40 heavy (non-hydrogen) atoms. The third kappa shape index (κ3) is 5.56. The number of carbonyl (C=O) groups excluding carboxylic acids is 1. The number of aliphatic imine (C=N–C) groups is 1. The number of hydrogen-bond donors (Lipinski definition) is 0.